The molecule has 0 amide bonds. The number of rotatable bonds is 4. The number of nitrogens with zero attached hydrogens (tertiary/aromatic N) is 1. The molecule has 0 atom stereocenters. The van der Waals surface area contributed by atoms with E-state index in [-0.39, 0.29) is 17.6 Å². The van der Waals surface area contributed by atoms with Crippen LogP contribution in [0.5, 0.6) is 0 Å². The lowest BCUT2D eigenvalue weighted by Gasteiger charge is -2.28. The van der Waals surface area contributed by atoms with Crippen LogP contribution >= 0.6 is 12.2 Å². The molecule has 2 nitrogen and oxygen atoms in total. The first-order valence-corrected chi connectivity index (χ1v) is 5.38. The molecule has 15 heavy (non-hydrogen) atoms. The summed E-state index contributed by atoms with van der Waals surface area (Å²) in [7, 11) is 0. The lowest BCUT2D eigenvalue weighted by molar-refractivity contribution is -0.148. The van der Waals surface area contributed by atoms with Crippen molar-refractivity contribution in [2.75, 3.05) is 13.1 Å². The average Bonchev–Trinajstić information content (AvgIpc) is 2.50. The van der Waals surface area contributed by atoms with Crippen molar-refractivity contribution in [3.8, 4) is 0 Å². The molecular weight excluding hydrogens is 225 g/mol. The Kier molecular flexibility index (Phi) is 4.33. The van der Waals surface area contributed by atoms with Gasteiger partial charge in [-0.15, -0.1) is 0 Å². The highest BCUT2D eigenvalue weighted by atomic mass is 32.1. The summed E-state index contributed by atoms with van der Waals surface area (Å²) < 4.78 is 36.9. The summed E-state index contributed by atoms with van der Waals surface area (Å²) in [6.07, 6.45) is -0.544. The topological polar surface area (TPSA) is 29.3 Å². The highest BCUT2D eigenvalue weighted by Gasteiger charge is 2.34. The summed E-state index contributed by atoms with van der Waals surface area (Å²) in [6.45, 7) is -0.839. The number of hydrogen-bond acceptors (Lipinski definition) is 2. The third-order valence-electron chi connectivity index (χ3n) is 2.58. The van der Waals surface area contributed by atoms with Crippen molar-refractivity contribution in [2.45, 2.75) is 37.9 Å². The Hall–Kier alpha value is -0.360. The van der Waals surface area contributed by atoms with Crippen LogP contribution in [-0.4, -0.2) is 35.2 Å². The Morgan fingerprint density at radius 1 is 1.33 bits per heavy atom. The first-order chi connectivity index (χ1) is 6.88. The zero-order valence-corrected chi connectivity index (χ0v) is 9.20. The van der Waals surface area contributed by atoms with Gasteiger partial charge >= 0.3 is 6.18 Å². The van der Waals surface area contributed by atoms with E-state index in [2.05, 4.69) is 12.2 Å². The first-order valence-electron chi connectivity index (χ1n) is 4.97. The van der Waals surface area contributed by atoms with Crippen molar-refractivity contribution in [3.63, 3.8) is 0 Å². The fourth-order valence-electron chi connectivity index (χ4n) is 2.01. The average molecular weight is 240 g/mol. The normalized spacial score (nSPS) is 18.7. The van der Waals surface area contributed by atoms with Crippen LogP contribution in [-0.2, 0) is 0 Å². The molecule has 0 aromatic heterocycles. The second kappa shape index (κ2) is 5.12. The standard InChI is InChI=1S/C9H15F3N2S/c10-9(11,12)6-14(5-8(13)15)7-3-1-2-4-7/h7H,1-6H2,(H2,13,15). The maximum Gasteiger partial charge on any atom is 0.401 e. The molecule has 0 heterocycles. The van der Waals surface area contributed by atoms with Gasteiger partial charge in [0.2, 0.25) is 0 Å². The monoisotopic (exact) mass is 240 g/mol. The third kappa shape index (κ3) is 4.79. The summed E-state index contributed by atoms with van der Waals surface area (Å²) in [5, 5.41) is 0. The molecule has 0 radical (unpaired) electrons. The molecular formula is C9H15F3N2S. The van der Waals surface area contributed by atoms with E-state index >= 15 is 0 Å². The van der Waals surface area contributed by atoms with E-state index in [1.807, 2.05) is 0 Å². The predicted molar refractivity (Wildman–Crippen MR) is 56.7 cm³/mol. The Balaban J connectivity index is 2.55. The Morgan fingerprint density at radius 3 is 2.27 bits per heavy atom. The molecule has 0 aromatic carbocycles. The summed E-state index contributed by atoms with van der Waals surface area (Å²) in [6, 6.07) is -0.00637. The van der Waals surface area contributed by atoms with Crippen LogP contribution in [0.1, 0.15) is 25.7 Å². The van der Waals surface area contributed by atoms with Crippen LogP contribution in [0.3, 0.4) is 0 Å². The van der Waals surface area contributed by atoms with Crippen molar-refractivity contribution in [3.05, 3.63) is 0 Å². The fraction of sp³-hybridized carbons (Fsp3) is 0.889. The molecule has 88 valence electrons. The molecule has 1 rings (SSSR count). The molecule has 0 unspecified atom stereocenters. The van der Waals surface area contributed by atoms with Crippen LogP contribution in [0.2, 0.25) is 0 Å². The minimum absolute atomic E-state index is 0.00637. The second-order valence-corrected chi connectivity index (χ2v) is 4.45. The molecule has 0 aliphatic heterocycles. The quantitative estimate of drug-likeness (QED) is 0.763. The largest absolute Gasteiger partial charge is 0.401 e. The van der Waals surface area contributed by atoms with Gasteiger partial charge in [-0.25, -0.2) is 0 Å². The maximum atomic E-state index is 12.3. The SMILES string of the molecule is NC(=S)CN(CC(F)(F)F)C1CCCC1. The number of nitrogens with two attached hydrogens (primary N) is 1. The van der Waals surface area contributed by atoms with Crippen LogP contribution < -0.4 is 5.73 Å². The van der Waals surface area contributed by atoms with E-state index in [1.54, 1.807) is 0 Å². The van der Waals surface area contributed by atoms with Crippen molar-refractivity contribution < 1.29 is 13.2 Å². The predicted octanol–water partition coefficient (Wildman–Crippen LogP) is 2.08. The van der Waals surface area contributed by atoms with Gasteiger partial charge in [-0.2, -0.15) is 13.2 Å². The van der Waals surface area contributed by atoms with Crippen LogP contribution in [0.15, 0.2) is 0 Å². The summed E-state index contributed by atoms with van der Waals surface area (Å²) in [4.78, 5) is 1.49. The van der Waals surface area contributed by atoms with E-state index in [1.165, 1.54) is 4.90 Å². The molecule has 1 saturated carbocycles. The van der Waals surface area contributed by atoms with Crippen LogP contribution in [0.25, 0.3) is 0 Å². The van der Waals surface area contributed by atoms with Gasteiger partial charge in [0.1, 0.15) is 0 Å². The van der Waals surface area contributed by atoms with E-state index in [4.69, 9.17) is 5.73 Å². The van der Waals surface area contributed by atoms with E-state index in [9.17, 15) is 13.2 Å². The molecule has 1 aliphatic rings. The molecule has 6 heteroatoms. The van der Waals surface area contributed by atoms with Crippen molar-refractivity contribution in [2.24, 2.45) is 5.73 Å². The fourth-order valence-corrected chi connectivity index (χ4v) is 2.18. The third-order valence-corrected chi connectivity index (χ3v) is 2.71. The molecule has 2 N–H and O–H groups in total. The summed E-state index contributed by atoms with van der Waals surface area (Å²) in [5.74, 6) is 0. The van der Waals surface area contributed by atoms with Crippen LogP contribution in [0, 0.1) is 0 Å². The smallest absolute Gasteiger partial charge is 0.392 e. The lowest BCUT2D eigenvalue weighted by Crippen LogP contribution is -2.44. The van der Waals surface area contributed by atoms with Crippen molar-refractivity contribution in [1.29, 1.82) is 0 Å². The molecule has 1 fully saturated rings. The van der Waals surface area contributed by atoms with E-state index in [0.717, 1.165) is 25.7 Å². The zero-order chi connectivity index (χ0) is 11.5. The minimum atomic E-state index is -4.17. The van der Waals surface area contributed by atoms with Gasteiger partial charge in [-0.1, -0.05) is 25.1 Å². The van der Waals surface area contributed by atoms with Gasteiger partial charge in [-0.05, 0) is 12.8 Å². The zero-order valence-electron chi connectivity index (χ0n) is 8.39. The number of halogens is 3. The van der Waals surface area contributed by atoms with Gasteiger partial charge in [-0.3, -0.25) is 4.90 Å². The van der Waals surface area contributed by atoms with Gasteiger partial charge in [0, 0.05) is 12.6 Å². The van der Waals surface area contributed by atoms with Crippen molar-refractivity contribution >= 4 is 17.2 Å². The lowest BCUT2D eigenvalue weighted by atomic mass is 10.2. The highest BCUT2D eigenvalue weighted by Crippen LogP contribution is 2.26. The Bertz CT molecular complexity index is 224. The number of thiocarbonyl (C=S) groups is 1. The molecule has 0 aromatic rings. The van der Waals surface area contributed by atoms with Gasteiger partial charge in [0.15, 0.2) is 0 Å². The highest BCUT2D eigenvalue weighted by molar-refractivity contribution is 7.80. The van der Waals surface area contributed by atoms with Gasteiger partial charge < -0.3 is 5.73 Å². The van der Waals surface area contributed by atoms with Gasteiger partial charge in [0.25, 0.3) is 0 Å². The van der Waals surface area contributed by atoms with Gasteiger partial charge in [0.05, 0.1) is 11.5 Å². The van der Waals surface area contributed by atoms with E-state index in [0.29, 0.717) is 0 Å². The Labute approximate surface area is 92.6 Å². The summed E-state index contributed by atoms with van der Waals surface area (Å²) in [5.41, 5.74) is 5.30. The minimum Gasteiger partial charge on any atom is -0.392 e. The molecule has 0 spiro atoms. The molecule has 0 bridgehead atoms. The maximum absolute atomic E-state index is 12.3. The van der Waals surface area contributed by atoms with Crippen LogP contribution in [0.4, 0.5) is 13.2 Å². The number of alkyl halides is 3. The Morgan fingerprint density at radius 2 is 1.87 bits per heavy atom. The van der Waals surface area contributed by atoms with Crippen molar-refractivity contribution in [1.82, 2.24) is 4.90 Å². The summed E-state index contributed by atoms with van der Waals surface area (Å²) >= 11 is 4.67. The second-order valence-electron chi connectivity index (χ2n) is 3.92. The van der Waals surface area contributed by atoms with E-state index < -0.39 is 12.7 Å². The number of hydrogen-bond donors (Lipinski definition) is 1. The first kappa shape index (κ1) is 12.7. The molecule has 1 aliphatic carbocycles. The molecule has 0 saturated heterocycles.